The number of hydrogen-bond donors (Lipinski definition) is 1. The Morgan fingerprint density at radius 3 is 1.71 bits per heavy atom. The molecule has 0 heterocycles. The highest BCUT2D eigenvalue weighted by atomic mass is 16.3. The maximum absolute atomic E-state index is 10.5. The van der Waals surface area contributed by atoms with E-state index in [2.05, 4.69) is 32.9 Å². The van der Waals surface area contributed by atoms with Crippen LogP contribution in [-0.4, -0.2) is 5.11 Å². The molecule has 0 aliphatic heterocycles. The molecule has 0 bridgehead atoms. The molecule has 1 N–H and O–H groups in total. The minimum atomic E-state index is 0.516. The van der Waals surface area contributed by atoms with Crippen LogP contribution in [0.1, 0.15) is 135 Å². The zero-order valence-corrected chi connectivity index (χ0v) is 19.2. The molecule has 2 unspecified atom stereocenters. The van der Waals surface area contributed by atoms with Gasteiger partial charge >= 0.3 is 0 Å². The Hall–Kier alpha value is -0.980. The van der Waals surface area contributed by atoms with Crippen LogP contribution in [0.15, 0.2) is 24.3 Å². The van der Waals surface area contributed by atoms with Gasteiger partial charge < -0.3 is 5.11 Å². The minimum Gasteiger partial charge on any atom is -0.508 e. The van der Waals surface area contributed by atoms with E-state index < -0.39 is 0 Å². The lowest BCUT2D eigenvalue weighted by molar-refractivity contribution is 0.321. The third-order valence-corrected chi connectivity index (χ3v) is 6.36. The molecule has 1 aromatic carbocycles. The molecule has 1 rings (SSSR count). The predicted molar refractivity (Wildman–Crippen MR) is 125 cm³/mol. The summed E-state index contributed by atoms with van der Waals surface area (Å²) in [5.41, 5.74) is 1.21. The van der Waals surface area contributed by atoms with Crippen LogP contribution in [0.25, 0.3) is 0 Å². The van der Waals surface area contributed by atoms with Crippen LogP contribution in [0, 0.1) is 5.92 Å². The van der Waals surface area contributed by atoms with E-state index in [0.717, 1.165) is 5.92 Å². The van der Waals surface area contributed by atoms with E-state index in [1.54, 1.807) is 0 Å². The molecule has 28 heavy (non-hydrogen) atoms. The molecule has 1 aromatic rings. The second-order valence-electron chi connectivity index (χ2n) is 8.83. The van der Waals surface area contributed by atoms with E-state index in [9.17, 15) is 5.11 Å². The molecule has 0 aliphatic carbocycles. The fourth-order valence-corrected chi connectivity index (χ4v) is 4.70. The van der Waals surface area contributed by atoms with Crippen molar-refractivity contribution < 1.29 is 5.11 Å². The van der Waals surface area contributed by atoms with Gasteiger partial charge in [-0.3, -0.25) is 0 Å². The summed E-state index contributed by atoms with van der Waals surface area (Å²) >= 11 is 0. The zero-order valence-electron chi connectivity index (χ0n) is 19.2. The summed E-state index contributed by atoms with van der Waals surface area (Å²) in [4.78, 5) is 0. The molecule has 0 aliphatic rings. The Balaban J connectivity index is 2.64. The van der Waals surface area contributed by atoms with Gasteiger partial charge in [0, 0.05) is 0 Å². The summed E-state index contributed by atoms with van der Waals surface area (Å²) in [6.45, 7) is 6.89. The smallest absolute Gasteiger partial charge is 0.119 e. The normalized spacial score (nSPS) is 13.5. The first-order valence-corrected chi connectivity index (χ1v) is 12.5. The Labute approximate surface area is 176 Å². The summed E-state index contributed by atoms with van der Waals surface area (Å²) in [7, 11) is 0. The third kappa shape index (κ3) is 10.5. The number of unbranched alkanes of at least 4 members (excludes halogenated alkanes) is 10. The molecule has 162 valence electrons. The second-order valence-corrected chi connectivity index (χ2v) is 8.83. The van der Waals surface area contributed by atoms with Gasteiger partial charge in [-0.2, -0.15) is 0 Å². The van der Waals surface area contributed by atoms with Crippen molar-refractivity contribution in [3.8, 4) is 5.75 Å². The number of benzene rings is 1. The van der Waals surface area contributed by atoms with Gasteiger partial charge in [-0.25, -0.2) is 0 Å². The van der Waals surface area contributed by atoms with Crippen LogP contribution in [0.4, 0.5) is 0 Å². The lowest BCUT2D eigenvalue weighted by Gasteiger charge is -2.28. The van der Waals surface area contributed by atoms with Crippen molar-refractivity contribution in [2.45, 2.75) is 129 Å². The largest absolute Gasteiger partial charge is 0.508 e. The summed E-state index contributed by atoms with van der Waals surface area (Å²) in [6.07, 6.45) is 21.5. The Morgan fingerprint density at radius 1 is 0.607 bits per heavy atom. The van der Waals surface area contributed by atoms with Gasteiger partial charge in [0.2, 0.25) is 0 Å². The monoisotopic (exact) mass is 388 g/mol. The number of aromatic hydroxyl groups is 1. The van der Waals surface area contributed by atoms with Crippen molar-refractivity contribution in [1.29, 1.82) is 0 Å². The Morgan fingerprint density at radius 2 is 1.14 bits per heavy atom. The minimum absolute atomic E-state index is 0.516. The fourth-order valence-electron chi connectivity index (χ4n) is 4.70. The third-order valence-electron chi connectivity index (χ3n) is 6.36. The van der Waals surface area contributed by atoms with Gasteiger partial charge in [-0.15, -0.1) is 0 Å². The number of rotatable bonds is 18. The van der Waals surface area contributed by atoms with Gasteiger partial charge in [-0.1, -0.05) is 129 Å². The summed E-state index contributed by atoms with van der Waals surface area (Å²) < 4.78 is 0. The average molecular weight is 389 g/mol. The Kier molecular flexibility index (Phi) is 15.1. The van der Waals surface area contributed by atoms with Crippen molar-refractivity contribution in [1.82, 2.24) is 0 Å². The average Bonchev–Trinajstić information content (AvgIpc) is 2.70. The van der Waals surface area contributed by atoms with E-state index >= 15 is 0 Å². The first-order valence-electron chi connectivity index (χ1n) is 12.5. The molecule has 0 spiro atoms. The van der Waals surface area contributed by atoms with Gasteiger partial charge in [0.25, 0.3) is 0 Å². The van der Waals surface area contributed by atoms with Gasteiger partial charge in [0.1, 0.15) is 5.75 Å². The van der Waals surface area contributed by atoms with Crippen LogP contribution in [0.2, 0.25) is 0 Å². The topological polar surface area (TPSA) is 20.2 Å². The van der Waals surface area contributed by atoms with Crippen LogP contribution < -0.4 is 0 Å². The van der Waals surface area contributed by atoms with E-state index in [0.29, 0.717) is 11.7 Å². The van der Waals surface area contributed by atoms with Crippen LogP contribution in [-0.2, 0) is 0 Å². The number of hydrogen-bond acceptors (Lipinski definition) is 1. The highest BCUT2D eigenvalue weighted by Gasteiger charge is 2.24. The number of para-hydroxylation sites is 1. The van der Waals surface area contributed by atoms with E-state index in [4.69, 9.17) is 0 Å². The zero-order chi connectivity index (χ0) is 20.5. The van der Waals surface area contributed by atoms with Crippen molar-refractivity contribution in [2.24, 2.45) is 5.92 Å². The highest BCUT2D eigenvalue weighted by Crippen LogP contribution is 2.40. The van der Waals surface area contributed by atoms with Crippen molar-refractivity contribution in [3.05, 3.63) is 29.8 Å². The lowest BCUT2D eigenvalue weighted by Crippen LogP contribution is -2.14. The molecular formula is C27H48O. The molecule has 0 saturated heterocycles. The standard InChI is InChI=1S/C27H48O/c1-4-7-9-11-12-14-16-21-25(26-22-17-18-23-27(26)28)24(19-6-3)20-15-13-10-8-5-2/h17-18,22-25,28H,4-16,19-21H2,1-3H3. The summed E-state index contributed by atoms with van der Waals surface area (Å²) in [5, 5.41) is 10.5. The molecular weight excluding hydrogens is 340 g/mol. The predicted octanol–water partition coefficient (Wildman–Crippen LogP) is 9.39. The lowest BCUT2D eigenvalue weighted by atomic mass is 9.77. The van der Waals surface area contributed by atoms with Crippen LogP contribution >= 0.6 is 0 Å². The van der Waals surface area contributed by atoms with Crippen LogP contribution in [0.5, 0.6) is 5.75 Å². The number of phenols is 1. The second kappa shape index (κ2) is 16.9. The molecule has 0 saturated carbocycles. The van der Waals surface area contributed by atoms with E-state index in [-0.39, 0.29) is 0 Å². The van der Waals surface area contributed by atoms with Crippen molar-refractivity contribution >= 4 is 0 Å². The fraction of sp³-hybridized carbons (Fsp3) is 0.778. The molecule has 1 nitrogen and oxygen atoms in total. The first kappa shape index (κ1) is 25.1. The quantitative estimate of drug-likeness (QED) is 0.248. The van der Waals surface area contributed by atoms with Crippen LogP contribution in [0.3, 0.4) is 0 Å². The van der Waals surface area contributed by atoms with Gasteiger partial charge in [-0.05, 0) is 36.3 Å². The molecule has 0 radical (unpaired) electrons. The summed E-state index contributed by atoms with van der Waals surface area (Å²) in [6, 6.07) is 8.14. The van der Waals surface area contributed by atoms with Crippen molar-refractivity contribution in [2.75, 3.05) is 0 Å². The summed E-state index contributed by atoms with van der Waals surface area (Å²) in [5.74, 6) is 1.77. The molecule has 2 atom stereocenters. The molecule has 1 heteroatoms. The van der Waals surface area contributed by atoms with Gasteiger partial charge in [0.05, 0.1) is 0 Å². The van der Waals surface area contributed by atoms with Crippen molar-refractivity contribution in [3.63, 3.8) is 0 Å². The Bertz CT molecular complexity index is 467. The maximum Gasteiger partial charge on any atom is 0.119 e. The number of phenolic OH excluding ortho intramolecular Hbond substituents is 1. The van der Waals surface area contributed by atoms with E-state index in [1.807, 2.05) is 12.1 Å². The van der Waals surface area contributed by atoms with Gasteiger partial charge in [0.15, 0.2) is 0 Å². The molecule has 0 fully saturated rings. The highest BCUT2D eigenvalue weighted by molar-refractivity contribution is 5.35. The first-order chi connectivity index (χ1) is 13.7. The molecule has 0 amide bonds. The van der Waals surface area contributed by atoms with E-state index in [1.165, 1.54) is 108 Å². The SMILES string of the molecule is CCCCCCCCCC(c1ccccc1O)C(CCC)CCCCCCC. The molecule has 0 aromatic heterocycles. The maximum atomic E-state index is 10.5.